The maximum atomic E-state index is 14.3. The van der Waals surface area contributed by atoms with Gasteiger partial charge in [0.15, 0.2) is 0 Å². The van der Waals surface area contributed by atoms with Crippen molar-refractivity contribution in [2.45, 2.75) is 237 Å². The second-order valence-corrected chi connectivity index (χ2v) is 38.8. The topological polar surface area (TPSA) is 271 Å². The van der Waals surface area contributed by atoms with Crippen molar-refractivity contribution in [1.29, 1.82) is 0 Å². The molecule has 6 fully saturated rings. The van der Waals surface area contributed by atoms with Gasteiger partial charge in [-0.15, -0.1) is 0 Å². The van der Waals surface area contributed by atoms with Crippen LogP contribution < -0.4 is 24.8 Å². The molecule has 5 N–H and O–H groups in total. The van der Waals surface area contributed by atoms with Gasteiger partial charge in [0.05, 0.1) is 69.8 Å². The number of benzene rings is 3. The molecule has 640 valence electrons. The van der Waals surface area contributed by atoms with Crippen molar-refractivity contribution in [3.63, 3.8) is 0 Å². The number of ether oxygens (including phenoxy) is 3. The molecule has 0 spiro atoms. The van der Waals surface area contributed by atoms with Gasteiger partial charge in [0.2, 0.25) is 47.8 Å². The van der Waals surface area contributed by atoms with E-state index in [1.807, 2.05) is 27.7 Å². The van der Waals surface area contributed by atoms with E-state index < -0.39 is 136 Å². The average molecular weight is 1690 g/mol. The number of alkyl halides is 12. The molecule has 37 heteroatoms. The van der Waals surface area contributed by atoms with Crippen molar-refractivity contribution >= 4 is 53.7 Å². The van der Waals surface area contributed by atoms with E-state index >= 15 is 0 Å². The monoisotopic (exact) mass is 1690 g/mol. The van der Waals surface area contributed by atoms with Crippen LogP contribution in [0.4, 0.5) is 52.7 Å². The molecule has 3 aromatic carbocycles. The SMILES string of the molecule is CC(C)[C@]1(C(=O)N2Cc3cc(C(F)(F)F)ccc3C(NS(C)(=O)=O)C2)CCC(N(C(=O)C(F)(F)F)C2CCOCC2)C1.CC(C)[C@]1(C(=O)N2Cc3cc(C(F)(F)F)ccc3C(NS(C)(=O)=O)C2)CC[C@@H](NC2CCOCC2)C1.CC(C)[C@]1(C(=O)N2Cc3cc(C(F)(F)F)ccc3[C@H](NS(C)(=O)=O)C2)CC[C@@H](NC2CCOCC2)C1. The highest BCUT2D eigenvalue weighted by Gasteiger charge is 2.57. The molecule has 3 unspecified atom stereocenters. The largest absolute Gasteiger partial charge is 0.471 e. The molecule has 0 bridgehead atoms. The first-order chi connectivity index (χ1) is 52.9. The first-order valence-corrected chi connectivity index (χ1v) is 44.6. The standard InChI is InChI=1S/C27H35F6N3O5S.2C25H36F3N3O4S/c1-16(2)25(9-6-20(13-25)36(24(38)27(31,32)33)19-7-10-41-11-8-19)23(37)35-14-17-12-18(26(28,29)30)4-5-21(17)22(15-35)34-42(3,39)40;2*1-16(2)24(9-6-20(13-24)29-19-7-10-35-11-8-19)23(32)31-14-17-12-18(25(26,27)28)4-5-21(17)22(15-31)30-36(3,33)34/h4-5,12,16,19-20,22,34H,6-11,13-15H2,1-3H3;2*4-5,12,16,19-20,22,29-30H,6-11,13-15H2,1-3H3/t20?,22?,25-;20-,22?,24+;20-,22-,24+/m011/s1. The van der Waals surface area contributed by atoms with Gasteiger partial charge < -0.3 is 44.4 Å². The molecule has 114 heavy (non-hydrogen) atoms. The fourth-order valence-corrected chi connectivity index (χ4v) is 20.9. The third-order valence-corrected chi connectivity index (χ3v) is 27.0. The number of hydrogen-bond acceptors (Lipinski definition) is 15. The Balaban J connectivity index is 0.000000182. The maximum Gasteiger partial charge on any atom is 0.471 e. The number of hydrogen-bond donors (Lipinski definition) is 5. The van der Waals surface area contributed by atoms with Crippen LogP contribution in [0.3, 0.4) is 0 Å². The van der Waals surface area contributed by atoms with Gasteiger partial charge in [-0.3, -0.25) is 19.2 Å². The van der Waals surface area contributed by atoms with Gasteiger partial charge in [-0.1, -0.05) is 59.7 Å². The van der Waals surface area contributed by atoms with E-state index in [9.17, 15) is 97.1 Å². The van der Waals surface area contributed by atoms with E-state index in [1.165, 1.54) is 23.1 Å². The van der Waals surface area contributed by atoms with Crippen LogP contribution in [0.1, 0.15) is 206 Å². The second-order valence-electron chi connectivity index (χ2n) is 33.5. The number of sulfonamides is 3. The molecule has 9 aliphatic rings. The predicted molar refractivity (Wildman–Crippen MR) is 398 cm³/mol. The molecule has 3 saturated carbocycles. The van der Waals surface area contributed by atoms with Crippen LogP contribution in [-0.4, -0.2) is 189 Å². The Hall–Kier alpha value is -5.77. The Morgan fingerprint density at radius 3 is 0.982 bits per heavy atom. The third kappa shape index (κ3) is 21.6. The van der Waals surface area contributed by atoms with Crippen molar-refractivity contribution in [3.05, 3.63) is 105 Å². The van der Waals surface area contributed by atoms with Crippen LogP contribution in [0.2, 0.25) is 0 Å². The minimum Gasteiger partial charge on any atom is -0.381 e. The summed E-state index contributed by atoms with van der Waals surface area (Å²) in [5.41, 5.74) is -3.09. The van der Waals surface area contributed by atoms with Crippen LogP contribution in [-0.2, 0) is 102 Å². The number of rotatable bonds is 18. The minimum absolute atomic E-state index is 0.0204. The van der Waals surface area contributed by atoms with Crippen LogP contribution in [0.25, 0.3) is 0 Å². The van der Waals surface area contributed by atoms with Crippen molar-refractivity contribution in [2.75, 3.05) is 78.0 Å². The lowest BCUT2D eigenvalue weighted by atomic mass is 9.73. The average Bonchev–Trinajstić information content (AvgIpc) is 1.49. The Labute approximate surface area is 659 Å². The van der Waals surface area contributed by atoms with Crippen LogP contribution in [0, 0.1) is 34.0 Å². The van der Waals surface area contributed by atoms with Gasteiger partial charge >= 0.3 is 30.6 Å². The lowest BCUT2D eigenvalue weighted by molar-refractivity contribution is -0.192. The zero-order valence-corrected chi connectivity index (χ0v) is 68.0. The summed E-state index contributed by atoms with van der Waals surface area (Å²) < 4.78 is 258. The van der Waals surface area contributed by atoms with Gasteiger partial charge in [-0.25, -0.2) is 39.4 Å². The molecule has 6 aliphatic heterocycles. The highest BCUT2D eigenvalue weighted by molar-refractivity contribution is 7.89. The Morgan fingerprint density at radius 2 is 0.702 bits per heavy atom. The number of halogens is 12. The summed E-state index contributed by atoms with van der Waals surface area (Å²) in [6.45, 7) is 14.6. The first-order valence-electron chi connectivity index (χ1n) is 38.9. The summed E-state index contributed by atoms with van der Waals surface area (Å²) in [7, 11) is -11.2. The van der Waals surface area contributed by atoms with Crippen molar-refractivity contribution in [1.82, 2.24) is 44.4 Å². The first kappa shape index (κ1) is 90.6. The molecule has 6 heterocycles. The molecule has 0 radical (unpaired) electrons. The molecule has 3 saturated heterocycles. The minimum atomic E-state index is -5.11. The van der Waals surface area contributed by atoms with Crippen molar-refractivity contribution in [3.8, 4) is 0 Å². The van der Waals surface area contributed by atoms with Gasteiger partial charge in [0.25, 0.3) is 0 Å². The van der Waals surface area contributed by atoms with E-state index in [0.717, 1.165) is 125 Å². The van der Waals surface area contributed by atoms with E-state index in [1.54, 1.807) is 23.6 Å². The molecule has 9 atom stereocenters. The molecule has 3 aliphatic carbocycles. The van der Waals surface area contributed by atoms with E-state index in [2.05, 4.69) is 24.8 Å². The van der Waals surface area contributed by atoms with Gasteiger partial charge in [0, 0.05) is 115 Å². The van der Waals surface area contributed by atoms with Crippen LogP contribution in [0.15, 0.2) is 54.6 Å². The smallest absolute Gasteiger partial charge is 0.381 e. The Morgan fingerprint density at radius 1 is 0.412 bits per heavy atom. The fourth-order valence-electron chi connectivity index (χ4n) is 18.8. The molecular formula is C77H107F12N9O13S3. The number of fused-ring (bicyclic) bond motifs is 3. The summed E-state index contributed by atoms with van der Waals surface area (Å²) in [5, 5.41) is 7.39. The second kappa shape index (κ2) is 35.3. The Bertz CT molecular complexity index is 4120. The summed E-state index contributed by atoms with van der Waals surface area (Å²) in [6.07, 6.45) is -7.15. The fraction of sp³-hybridized carbons (Fsp3) is 0.714. The molecule has 4 amide bonds. The zero-order chi connectivity index (χ0) is 83.9. The van der Waals surface area contributed by atoms with Gasteiger partial charge in [-0.05, 0) is 184 Å². The molecule has 22 nitrogen and oxygen atoms in total. The van der Waals surface area contributed by atoms with Crippen molar-refractivity contribution in [2.24, 2.45) is 34.0 Å². The number of carbonyl (C=O) groups is 4. The molecular weight excluding hydrogens is 1580 g/mol. The van der Waals surface area contributed by atoms with E-state index in [0.29, 0.717) is 65.6 Å². The summed E-state index contributed by atoms with van der Waals surface area (Å²) in [5.74, 6) is -3.03. The highest BCUT2D eigenvalue weighted by Crippen LogP contribution is 2.53. The van der Waals surface area contributed by atoms with E-state index in [-0.39, 0.29) is 126 Å². The normalized spacial score (nSPS) is 27.2. The quantitative estimate of drug-likeness (QED) is 0.0741. The number of nitrogens with zero attached hydrogens (tertiary/aromatic N) is 4. The van der Waals surface area contributed by atoms with Gasteiger partial charge in [-0.2, -0.15) is 52.7 Å². The lowest BCUT2D eigenvalue weighted by Gasteiger charge is -2.43. The number of amides is 4. The van der Waals surface area contributed by atoms with Crippen LogP contribution in [0.5, 0.6) is 0 Å². The van der Waals surface area contributed by atoms with Gasteiger partial charge in [0.1, 0.15) is 0 Å². The molecule has 12 rings (SSSR count). The third-order valence-electron chi connectivity index (χ3n) is 24.8. The summed E-state index contributed by atoms with van der Waals surface area (Å²) in [4.78, 5) is 60.3. The summed E-state index contributed by atoms with van der Waals surface area (Å²) in [6, 6.07) is 6.43. The van der Waals surface area contributed by atoms with Crippen molar-refractivity contribution < 1.29 is 111 Å². The zero-order valence-electron chi connectivity index (χ0n) is 65.6. The number of carbonyl (C=O) groups excluding carboxylic acids is 4. The maximum absolute atomic E-state index is 14.3. The van der Waals surface area contributed by atoms with E-state index in [4.69, 9.17) is 14.2 Å². The molecule has 0 aromatic heterocycles. The predicted octanol–water partition coefficient (Wildman–Crippen LogP) is 11.6. The highest BCUT2D eigenvalue weighted by atomic mass is 32.2. The lowest BCUT2D eigenvalue weighted by Crippen LogP contribution is -2.54. The van der Waals surface area contributed by atoms with Crippen LogP contribution >= 0.6 is 0 Å². The summed E-state index contributed by atoms with van der Waals surface area (Å²) >= 11 is 0. The molecule has 3 aromatic rings. The Kier molecular flexibility index (Phi) is 28.0. The number of nitrogens with one attached hydrogen (secondary N) is 5.